The van der Waals surface area contributed by atoms with Crippen LogP contribution in [-0.4, -0.2) is 18.2 Å². The van der Waals surface area contributed by atoms with Gasteiger partial charge in [0.25, 0.3) is 0 Å². The van der Waals surface area contributed by atoms with Gasteiger partial charge in [-0.3, -0.25) is 4.79 Å². The van der Waals surface area contributed by atoms with Crippen molar-refractivity contribution in [1.82, 2.24) is 0 Å². The van der Waals surface area contributed by atoms with Gasteiger partial charge in [-0.1, -0.05) is 43.2 Å². The molecule has 6 heteroatoms. The van der Waals surface area contributed by atoms with Crippen LogP contribution in [0.2, 0.25) is 0 Å². The molecule has 0 aliphatic carbocycles. The van der Waals surface area contributed by atoms with Crippen LogP contribution in [0.25, 0.3) is 0 Å². The third-order valence-corrected chi connectivity index (χ3v) is 3.64. The van der Waals surface area contributed by atoms with Crippen molar-refractivity contribution in [3.8, 4) is 5.75 Å². The number of rotatable bonds is 7. The Morgan fingerprint density at radius 3 is 2.44 bits per heavy atom. The van der Waals surface area contributed by atoms with Gasteiger partial charge in [0.1, 0.15) is 5.75 Å². The Morgan fingerprint density at radius 1 is 1.16 bits per heavy atom. The number of ether oxygens (including phenoxy) is 1. The highest BCUT2D eigenvalue weighted by Gasteiger charge is 2.31. The predicted molar refractivity (Wildman–Crippen MR) is 91.0 cm³/mol. The maximum absolute atomic E-state index is 12.7. The fraction of sp³-hybridized carbons (Fsp3) is 0.316. The standard InChI is InChI=1S/C19H20F3NO2/c1-3-5-17(23-15-10-8-13(2)9-11-15)18(24)14-6-4-7-16(12-14)25-19(20,21)22/h4,6-12,17,23H,3,5H2,1-2H3. The smallest absolute Gasteiger partial charge is 0.406 e. The van der Waals surface area contributed by atoms with Crippen LogP contribution in [0.4, 0.5) is 18.9 Å². The van der Waals surface area contributed by atoms with Gasteiger partial charge in [-0.25, -0.2) is 0 Å². The summed E-state index contributed by atoms with van der Waals surface area (Å²) in [5.41, 5.74) is 2.07. The first kappa shape index (κ1) is 18.8. The number of aryl methyl sites for hydroxylation is 1. The number of carbonyl (C=O) groups excluding carboxylic acids is 1. The van der Waals surface area contributed by atoms with E-state index in [1.54, 1.807) is 0 Å². The fourth-order valence-electron chi connectivity index (χ4n) is 2.46. The molecule has 3 nitrogen and oxygen atoms in total. The van der Waals surface area contributed by atoms with Crippen LogP contribution in [0.1, 0.15) is 35.7 Å². The van der Waals surface area contributed by atoms with Crippen LogP contribution in [-0.2, 0) is 0 Å². The van der Waals surface area contributed by atoms with Gasteiger partial charge >= 0.3 is 6.36 Å². The number of hydrogen-bond acceptors (Lipinski definition) is 3. The number of halogens is 3. The Bertz CT molecular complexity index is 711. The highest BCUT2D eigenvalue weighted by atomic mass is 19.4. The summed E-state index contributed by atoms with van der Waals surface area (Å²) in [6, 6.07) is 12.2. The van der Waals surface area contributed by atoms with E-state index in [1.165, 1.54) is 18.2 Å². The molecule has 2 aromatic rings. The lowest BCUT2D eigenvalue weighted by Gasteiger charge is -2.19. The Kier molecular flexibility index (Phi) is 6.07. The highest BCUT2D eigenvalue weighted by molar-refractivity contribution is 6.01. The van der Waals surface area contributed by atoms with Crippen LogP contribution in [0, 0.1) is 6.92 Å². The molecule has 134 valence electrons. The van der Waals surface area contributed by atoms with Crippen molar-refractivity contribution >= 4 is 11.5 Å². The quantitative estimate of drug-likeness (QED) is 0.683. The summed E-state index contributed by atoms with van der Waals surface area (Å²) >= 11 is 0. The van der Waals surface area contributed by atoms with E-state index in [9.17, 15) is 18.0 Å². The molecule has 1 N–H and O–H groups in total. The van der Waals surface area contributed by atoms with Gasteiger partial charge in [0, 0.05) is 11.3 Å². The second-order valence-corrected chi connectivity index (χ2v) is 5.79. The van der Waals surface area contributed by atoms with Crippen molar-refractivity contribution in [2.45, 2.75) is 39.1 Å². The van der Waals surface area contributed by atoms with Gasteiger partial charge in [0.15, 0.2) is 5.78 Å². The molecule has 0 aliphatic heterocycles. The molecule has 0 heterocycles. The number of anilines is 1. The van der Waals surface area contributed by atoms with E-state index in [4.69, 9.17) is 0 Å². The molecule has 2 aromatic carbocycles. The summed E-state index contributed by atoms with van der Waals surface area (Å²) in [7, 11) is 0. The van der Waals surface area contributed by atoms with E-state index in [0.29, 0.717) is 6.42 Å². The van der Waals surface area contributed by atoms with E-state index in [2.05, 4.69) is 10.1 Å². The summed E-state index contributed by atoms with van der Waals surface area (Å²) in [5.74, 6) is -0.668. The molecule has 0 aromatic heterocycles. The van der Waals surface area contributed by atoms with Crippen LogP contribution >= 0.6 is 0 Å². The van der Waals surface area contributed by atoms with Gasteiger partial charge in [-0.15, -0.1) is 13.2 Å². The van der Waals surface area contributed by atoms with Gasteiger partial charge in [0.2, 0.25) is 0 Å². The SMILES string of the molecule is CCCC(Nc1ccc(C)cc1)C(=O)c1cccc(OC(F)(F)F)c1. The summed E-state index contributed by atoms with van der Waals surface area (Å²) < 4.78 is 41.0. The van der Waals surface area contributed by atoms with Gasteiger partial charge in [0.05, 0.1) is 6.04 Å². The van der Waals surface area contributed by atoms with Gasteiger partial charge < -0.3 is 10.1 Å². The first-order chi connectivity index (χ1) is 11.8. The molecule has 0 aliphatic rings. The molecule has 0 bridgehead atoms. The summed E-state index contributed by atoms with van der Waals surface area (Å²) in [6.45, 7) is 3.91. The minimum atomic E-state index is -4.79. The van der Waals surface area contributed by atoms with Crippen molar-refractivity contribution in [3.63, 3.8) is 0 Å². The zero-order valence-corrected chi connectivity index (χ0v) is 14.1. The van der Waals surface area contributed by atoms with Crippen molar-refractivity contribution in [2.75, 3.05) is 5.32 Å². The first-order valence-electron chi connectivity index (χ1n) is 8.01. The van der Waals surface area contributed by atoms with Crippen LogP contribution in [0.15, 0.2) is 48.5 Å². The minimum absolute atomic E-state index is 0.180. The average Bonchev–Trinajstić information content (AvgIpc) is 2.54. The molecule has 2 rings (SSSR count). The molecular formula is C19H20F3NO2. The molecule has 0 radical (unpaired) electrons. The number of ketones is 1. The molecule has 0 amide bonds. The highest BCUT2D eigenvalue weighted by Crippen LogP contribution is 2.24. The largest absolute Gasteiger partial charge is 0.573 e. The lowest BCUT2D eigenvalue weighted by atomic mass is 9.99. The van der Waals surface area contributed by atoms with Crippen molar-refractivity contribution in [3.05, 3.63) is 59.7 Å². The molecule has 0 fully saturated rings. The first-order valence-corrected chi connectivity index (χ1v) is 8.01. The molecule has 1 atom stereocenters. The summed E-state index contributed by atoms with van der Waals surface area (Å²) in [6.07, 6.45) is -3.46. The van der Waals surface area contributed by atoms with Gasteiger partial charge in [-0.2, -0.15) is 0 Å². The Hall–Kier alpha value is -2.50. The minimum Gasteiger partial charge on any atom is -0.406 e. The Morgan fingerprint density at radius 2 is 1.84 bits per heavy atom. The number of benzene rings is 2. The molecule has 0 saturated carbocycles. The summed E-state index contributed by atoms with van der Waals surface area (Å²) in [5, 5.41) is 3.16. The van der Waals surface area contributed by atoms with E-state index >= 15 is 0 Å². The number of Topliss-reactive ketones (excluding diaryl/α,β-unsaturated/α-hetero) is 1. The van der Waals surface area contributed by atoms with E-state index < -0.39 is 18.2 Å². The van der Waals surface area contributed by atoms with Crippen molar-refractivity contribution in [1.29, 1.82) is 0 Å². The van der Waals surface area contributed by atoms with Crippen molar-refractivity contribution in [2.24, 2.45) is 0 Å². The monoisotopic (exact) mass is 351 g/mol. The molecule has 0 saturated heterocycles. The van der Waals surface area contributed by atoms with Crippen LogP contribution < -0.4 is 10.1 Å². The Balaban J connectivity index is 2.19. The second-order valence-electron chi connectivity index (χ2n) is 5.79. The maximum Gasteiger partial charge on any atom is 0.573 e. The van der Waals surface area contributed by atoms with Gasteiger partial charge in [-0.05, 0) is 37.6 Å². The maximum atomic E-state index is 12.7. The third kappa shape index (κ3) is 5.81. The molecule has 1 unspecified atom stereocenters. The number of nitrogens with one attached hydrogen (secondary N) is 1. The number of hydrogen-bond donors (Lipinski definition) is 1. The lowest BCUT2D eigenvalue weighted by Crippen LogP contribution is -2.29. The molecule has 25 heavy (non-hydrogen) atoms. The third-order valence-electron chi connectivity index (χ3n) is 3.64. The molecular weight excluding hydrogens is 331 g/mol. The van der Waals surface area contributed by atoms with E-state index in [-0.39, 0.29) is 11.3 Å². The lowest BCUT2D eigenvalue weighted by molar-refractivity contribution is -0.274. The molecule has 0 spiro atoms. The normalized spacial score (nSPS) is 12.5. The number of alkyl halides is 3. The Labute approximate surface area is 144 Å². The van der Waals surface area contributed by atoms with E-state index in [0.717, 1.165) is 23.7 Å². The number of carbonyl (C=O) groups is 1. The van der Waals surface area contributed by atoms with E-state index in [1.807, 2.05) is 38.1 Å². The topological polar surface area (TPSA) is 38.3 Å². The average molecular weight is 351 g/mol. The van der Waals surface area contributed by atoms with Crippen LogP contribution in [0.5, 0.6) is 5.75 Å². The van der Waals surface area contributed by atoms with Crippen molar-refractivity contribution < 1.29 is 22.7 Å². The summed E-state index contributed by atoms with van der Waals surface area (Å²) in [4.78, 5) is 12.7. The predicted octanol–water partition coefficient (Wildman–Crippen LogP) is 5.36. The fourth-order valence-corrected chi connectivity index (χ4v) is 2.46. The zero-order chi connectivity index (χ0) is 18.4. The zero-order valence-electron chi connectivity index (χ0n) is 14.1. The second kappa shape index (κ2) is 8.05. The van der Waals surface area contributed by atoms with Crippen LogP contribution in [0.3, 0.4) is 0 Å².